The van der Waals surface area contributed by atoms with Crippen molar-refractivity contribution >= 4 is 5.97 Å². The molecule has 0 amide bonds. The highest BCUT2D eigenvalue weighted by Crippen LogP contribution is 2.23. The third-order valence-corrected chi connectivity index (χ3v) is 3.46. The highest BCUT2D eigenvalue weighted by atomic mass is 16.5. The monoisotopic (exact) mass is 323 g/mol. The van der Waals surface area contributed by atoms with Gasteiger partial charge in [0.1, 0.15) is 6.10 Å². The van der Waals surface area contributed by atoms with Gasteiger partial charge in [0.25, 0.3) is 0 Å². The molecule has 0 aliphatic heterocycles. The molecule has 0 aliphatic carbocycles. The number of hydrogen-bond acceptors (Lipinski definition) is 6. The van der Waals surface area contributed by atoms with Crippen molar-refractivity contribution in [2.75, 3.05) is 0 Å². The lowest BCUT2D eigenvalue weighted by atomic mass is 10.1. The summed E-state index contributed by atoms with van der Waals surface area (Å²) in [4.78, 5) is 16.6. The molecule has 0 saturated carbocycles. The number of nitrogens with zero attached hydrogens (tertiary/aromatic N) is 3. The van der Waals surface area contributed by atoms with Crippen molar-refractivity contribution in [2.45, 2.75) is 26.4 Å². The molecule has 0 fully saturated rings. The molecule has 6 heteroatoms. The van der Waals surface area contributed by atoms with Crippen molar-refractivity contribution in [2.24, 2.45) is 0 Å². The lowest BCUT2D eigenvalue weighted by Gasteiger charge is -2.14. The van der Waals surface area contributed by atoms with Crippen LogP contribution in [0.3, 0.4) is 0 Å². The summed E-state index contributed by atoms with van der Waals surface area (Å²) in [5.41, 5.74) is 1.98. The van der Waals surface area contributed by atoms with Crippen molar-refractivity contribution in [3.8, 4) is 11.5 Å². The SMILES string of the molecule is Cc1nnc(-c2ccccc2C(=O)O[C@H](C)Cc2cccnc2)o1. The number of aryl methyl sites for hydroxylation is 1. The molecule has 122 valence electrons. The van der Waals surface area contributed by atoms with Gasteiger partial charge >= 0.3 is 5.97 Å². The zero-order valence-corrected chi connectivity index (χ0v) is 13.5. The summed E-state index contributed by atoms with van der Waals surface area (Å²) in [6, 6.07) is 10.8. The van der Waals surface area contributed by atoms with Crippen molar-refractivity contribution in [3.05, 3.63) is 65.8 Å². The second-order valence-corrected chi connectivity index (χ2v) is 5.45. The Labute approximate surface area is 139 Å². The zero-order chi connectivity index (χ0) is 16.9. The molecule has 3 rings (SSSR count). The molecule has 2 heterocycles. The molecule has 0 spiro atoms. The topological polar surface area (TPSA) is 78.1 Å². The quantitative estimate of drug-likeness (QED) is 0.671. The van der Waals surface area contributed by atoms with Crippen LogP contribution in [0, 0.1) is 6.92 Å². The molecular formula is C18H17N3O3. The van der Waals surface area contributed by atoms with Gasteiger partial charge in [0.05, 0.1) is 11.1 Å². The lowest BCUT2D eigenvalue weighted by Crippen LogP contribution is -2.18. The van der Waals surface area contributed by atoms with E-state index < -0.39 is 5.97 Å². The Hall–Kier alpha value is -3.02. The largest absolute Gasteiger partial charge is 0.459 e. The Morgan fingerprint density at radius 1 is 1.21 bits per heavy atom. The lowest BCUT2D eigenvalue weighted by molar-refractivity contribution is 0.0343. The van der Waals surface area contributed by atoms with Gasteiger partial charge < -0.3 is 9.15 Å². The first-order valence-corrected chi connectivity index (χ1v) is 7.63. The van der Waals surface area contributed by atoms with E-state index in [9.17, 15) is 4.79 Å². The summed E-state index contributed by atoms with van der Waals surface area (Å²) in [5, 5.41) is 7.78. The fraction of sp³-hybridized carbons (Fsp3) is 0.222. The fourth-order valence-electron chi connectivity index (χ4n) is 2.39. The molecule has 0 unspecified atom stereocenters. The number of esters is 1. The van der Waals surface area contributed by atoms with Crippen LogP contribution in [0.15, 0.2) is 53.2 Å². The van der Waals surface area contributed by atoms with Gasteiger partial charge in [0.2, 0.25) is 11.8 Å². The number of carbonyl (C=O) groups excluding carboxylic acids is 1. The van der Waals surface area contributed by atoms with Gasteiger partial charge in [-0.1, -0.05) is 18.2 Å². The molecule has 2 aromatic heterocycles. The van der Waals surface area contributed by atoms with Crippen molar-refractivity contribution in [1.29, 1.82) is 0 Å². The van der Waals surface area contributed by atoms with Crippen molar-refractivity contribution in [1.82, 2.24) is 15.2 Å². The third kappa shape index (κ3) is 3.65. The van der Waals surface area contributed by atoms with E-state index in [1.165, 1.54) is 0 Å². The van der Waals surface area contributed by atoms with Crippen LogP contribution in [0.1, 0.15) is 28.7 Å². The van der Waals surface area contributed by atoms with Crippen LogP contribution < -0.4 is 0 Å². The predicted octanol–water partition coefficient (Wildman–Crippen LogP) is 3.23. The van der Waals surface area contributed by atoms with Gasteiger partial charge in [-0.2, -0.15) is 0 Å². The molecular weight excluding hydrogens is 306 g/mol. The van der Waals surface area contributed by atoms with Gasteiger partial charge in [-0.15, -0.1) is 10.2 Å². The molecule has 0 saturated heterocycles. The van der Waals surface area contributed by atoms with Crippen molar-refractivity contribution in [3.63, 3.8) is 0 Å². The summed E-state index contributed by atoms with van der Waals surface area (Å²) in [5.74, 6) is 0.330. The maximum absolute atomic E-state index is 12.5. The van der Waals surface area contributed by atoms with E-state index >= 15 is 0 Å². The maximum Gasteiger partial charge on any atom is 0.339 e. The number of aromatic nitrogens is 3. The third-order valence-electron chi connectivity index (χ3n) is 3.46. The van der Waals surface area contributed by atoms with Crippen LogP contribution in [0.4, 0.5) is 0 Å². The summed E-state index contributed by atoms with van der Waals surface area (Å²) >= 11 is 0. The number of pyridine rings is 1. The van der Waals surface area contributed by atoms with E-state index in [0.29, 0.717) is 29.3 Å². The standard InChI is InChI=1S/C18H17N3O3/c1-12(10-14-6-5-9-19-11-14)23-18(22)16-8-4-3-7-15(16)17-21-20-13(2)24-17/h3-9,11-12H,10H2,1-2H3/t12-/m1/s1. The van der Waals surface area contributed by atoms with E-state index in [4.69, 9.17) is 9.15 Å². The van der Waals surface area contributed by atoms with E-state index in [0.717, 1.165) is 5.56 Å². The van der Waals surface area contributed by atoms with Crippen LogP contribution >= 0.6 is 0 Å². The average Bonchev–Trinajstić information content (AvgIpc) is 3.02. The molecule has 6 nitrogen and oxygen atoms in total. The molecule has 1 atom stereocenters. The summed E-state index contributed by atoms with van der Waals surface area (Å²) in [6.45, 7) is 3.55. The van der Waals surface area contributed by atoms with Gasteiger partial charge in [-0.05, 0) is 30.7 Å². The van der Waals surface area contributed by atoms with E-state index in [-0.39, 0.29) is 6.10 Å². The van der Waals surface area contributed by atoms with Crippen LogP contribution in [0.5, 0.6) is 0 Å². The molecule has 0 radical (unpaired) electrons. The van der Waals surface area contributed by atoms with Crippen LogP contribution in [-0.4, -0.2) is 27.3 Å². The Morgan fingerprint density at radius 2 is 2.04 bits per heavy atom. The normalized spacial score (nSPS) is 11.9. The molecule has 0 bridgehead atoms. The van der Waals surface area contributed by atoms with E-state index in [2.05, 4.69) is 15.2 Å². The maximum atomic E-state index is 12.5. The van der Waals surface area contributed by atoms with Gasteiger partial charge in [0.15, 0.2) is 0 Å². The van der Waals surface area contributed by atoms with E-state index in [1.807, 2.05) is 25.1 Å². The fourth-order valence-corrected chi connectivity index (χ4v) is 2.39. The highest BCUT2D eigenvalue weighted by molar-refractivity contribution is 5.96. The minimum absolute atomic E-state index is 0.279. The van der Waals surface area contributed by atoms with Crippen LogP contribution in [-0.2, 0) is 11.2 Å². The molecule has 0 N–H and O–H groups in total. The summed E-state index contributed by atoms with van der Waals surface area (Å²) in [6.07, 6.45) is 3.79. The highest BCUT2D eigenvalue weighted by Gasteiger charge is 2.19. The zero-order valence-electron chi connectivity index (χ0n) is 13.5. The Kier molecular flexibility index (Phi) is 4.65. The predicted molar refractivity (Wildman–Crippen MR) is 87.3 cm³/mol. The smallest absolute Gasteiger partial charge is 0.339 e. The van der Waals surface area contributed by atoms with Gasteiger partial charge in [-0.25, -0.2) is 4.79 Å². The minimum atomic E-state index is -0.419. The van der Waals surface area contributed by atoms with Crippen LogP contribution in [0.2, 0.25) is 0 Å². The first kappa shape index (κ1) is 15.9. The first-order valence-electron chi connectivity index (χ1n) is 7.63. The molecule has 24 heavy (non-hydrogen) atoms. The minimum Gasteiger partial charge on any atom is -0.459 e. The Bertz CT molecular complexity index is 830. The summed E-state index contributed by atoms with van der Waals surface area (Å²) < 4.78 is 11.0. The van der Waals surface area contributed by atoms with Gasteiger partial charge in [0, 0.05) is 25.7 Å². The first-order chi connectivity index (χ1) is 11.6. The Balaban J connectivity index is 1.76. The van der Waals surface area contributed by atoms with Crippen molar-refractivity contribution < 1.29 is 13.9 Å². The number of benzene rings is 1. The second-order valence-electron chi connectivity index (χ2n) is 5.45. The van der Waals surface area contributed by atoms with E-state index in [1.54, 1.807) is 37.5 Å². The molecule has 3 aromatic rings. The number of carbonyl (C=O) groups is 1. The van der Waals surface area contributed by atoms with Gasteiger partial charge in [-0.3, -0.25) is 4.98 Å². The average molecular weight is 323 g/mol. The molecule has 1 aromatic carbocycles. The van der Waals surface area contributed by atoms with Crippen LogP contribution in [0.25, 0.3) is 11.5 Å². The number of rotatable bonds is 5. The summed E-state index contributed by atoms with van der Waals surface area (Å²) in [7, 11) is 0. The second kappa shape index (κ2) is 7.04. The Morgan fingerprint density at radius 3 is 2.75 bits per heavy atom. The number of hydrogen-bond donors (Lipinski definition) is 0. The molecule has 0 aliphatic rings. The number of ether oxygens (including phenoxy) is 1.